The van der Waals surface area contributed by atoms with E-state index in [1.54, 1.807) is 31.2 Å². The van der Waals surface area contributed by atoms with Crippen molar-refractivity contribution in [3.63, 3.8) is 0 Å². The van der Waals surface area contributed by atoms with Crippen molar-refractivity contribution in [1.29, 1.82) is 0 Å². The minimum Gasteiger partial charge on any atom is -0.225 e. The van der Waals surface area contributed by atoms with Gasteiger partial charge in [0, 0.05) is 6.54 Å². The minimum atomic E-state index is -3.72. The molecule has 6 nitrogen and oxygen atoms in total. The van der Waals surface area contributed by atoms with E-state index in [0.717, 1.165) is 11.1 Å². The van der Waals surface area contributed by atoms with Crippen molar-refractivity contribution in [3.05, 3.63) is 59.2 Å². The van der Waals surface area contributed by atoms with Gasteiger partial charge in [0.25, 0.3) is 0 Å². The summed E-state index contributed by atoms with van der Waals surface area (Å²) in [5.74, 6) is 0. The number of aryl methyl sites for hydroxylation is 2. The predicted molar refractivity (Wildman–Crippen MR) is 92.6 cm³/mol. The second-order valence-electron chi connectivity index (χ2n) is 5.61. The van der Waals surface area contributed by atoms with Gasteiger partial charge in [0.15, 0.2) is 0 Å². The summed E-state index contributed by atoms with van der Waals surface area (Å²) in [6.07, 6.45) is 0.439. The van der Waals surface area contributed by atoms with Crippen LogP contribution in [0.5, 0.6) is 0 Å². The molecule has 0 aliphatic rings. The second-order valence-corrected chi connectivity index (χ2v) is 8.90. The van der Waals surface area contributed by atoms with E-state index in [2.05, 4.69) is 4.72 Å². The second kappa shape index (κ2) is 7.02. The van der Waals surface area contributed by atoms with Gasteiger partial charge >= 0.3 is 0 Å². The number of primary sulfonamides is 1. The molecule has 0 saturated carbocycles. The zero-order valence-corrected chi connectivity index (χ0v) is 15.1. The molecule has 3 N–H and O–H groups in total. The molecule has 8 heteroatoms. The molecule has 0 radical (unpaired) electrons. The Bertz CT molecular complexity index is 935. The van der Waals surface area contributed by atoms with Gasteiger partial charge in [-0.1, -0.05) is 24.3 Å². The normalized spacial score (nSPS) is 12.3. The maximum atomic E-state index is 12.4. The lowest BCUT2D eigenvalue weighted by molar-refractivity contribution is 0.581. The van der Waals surface area contributed by atoms with Crippen LogP contribution in [0.1, 0.15) is 16.7 Å². The van der Waals surface area contributed by atoms with Crippen LogP contribution < -0.4 is 9.86 Å². The highest BCUT2D eigenvalue weighted by Gasteiger charge is 2.16. The quantitative estimate of drug-likeness (QED) is 0.805. The van der Waals surface area contributed by atoms with Gasteiger partial charge in [-0.15, -0.1) is 0 Å². The monoisotopic (exact) mass is 368 g/mol. The van der Waals surface area contributed by atoms with Crippen molar-refractivity contribution >= 4 is 20.0 Å². The molecule has 130 valence electrons. The number of nitrogens with two attached hydrogens (primary N) is 1. The lowest BCUT2D eigenvalue weighted by Crippen LogP contribution is -2.26. The van der Waals surface area contributed by atoms with E-state index in [0.29, 0.717) is 12.0 Å². The zero-order chi connectivity index (χ0) is 18.0. The van der Waals surface area contributed by atoms with Crippen LogP contribution in [-0.4, -0.2) is 23.4 Å². The molecule has 2 aromatic carbocycles. The molecule has 24 heavy (non-hydrogen) atoms. The molecule has 0 saturated heterocycles. The Balaban J connectivity index is 2.04. The number of benzene rings is 2. The van der Waals surface area contributed by atoms with Crippen LogP contribution in [0.2, 0.25) is 0 Å². The Kier molecular flexibility index (Phi) is 5.44. The van der Waals surface area contributed by atoms with Crippen molar-refractivity contribution in [2.75, 3.05) is 6.54 Å². The number of hydrogen-bond donors (Lipinski definition) is 2. The molecule has 0 amide bonds. The SMILES string of the molecule is Cc1ccc(C)c(S(=O)(=O)NCCc2ccc(S(N)(=O)=O)cc2)c1. The summed E-state index contributed by atoms with van der Waals surface area (Å²) in [7, 11) is -7.30. The predicted octanol–water partition coefficient (Wildman–Crippen LogP) is 1.47. The largest absolute Gasteiger partial charge is 0.240 e. The van der Waals surface area contributed by atoms with Crippen LogP contribution in [0.4, 0.5) is 0 Å². The standard InChI is InChI=1S/C16H20N2O4S2/c1-12-3-4-13(2)16(11-12)24(21,22)18-10-9-14-5-7-15(8-6-14)23(17,19)20/h3-8,11,18H,9-10H2,1-2H3,(H2,17,19,20). The lowest BCUT2D eigenvalue weighted by atomic mass is 10.2. The first-order valence-corrected chi connectivity index (χ1v) is 10.3. The Hall–Kier alpha value is -1.74. The minimum absolute atomic E-state index is 0.0298. The van der Waals surface area contributed by atoms with Crippen LogP contribution >= 0.6 is 0 Å². The van der Waals surface area contributed by atoms with E-state index < -0.39 is 20.0 Å². The van der Waals surface area contributed by atoms with Gasteiger partial charge in [0.2, 0.25) is 20.0 Å². The van der Waals surface area contributed by atoms with E-state index in [-0.39, 0.29) is 16.3 Å². The molecule has 0 aliphatic heterocycles. The molecular formula is C16H20N2O4S2. The van der Waals surface area contributed by atoms with Gasteiger partial charge in [-0.25, -0.2) is 26.7 Å². The van der Waals surface area contributed by atoms with Crippen LogP contribution in [0.15, 0.2) is 52.3 Å². The number of sulfonamides is 2. The van der Waals surface area contributed by atoms with E-state index in [4.69, 9.17) is 5.14 Å². The van der Waals surface area contributed by atoms with Crippen LogP contribution in [0, 0.1) is 13.8 Å². The Labute approximate surface area is 142 Å². The van der Waals surface area contributed by atoms with Gasteiger partial charge in [-0.3, -0.25) is 0 Å². The van der Waals surface area contributed by atoms with Crippen molar-refractivity contribution in [3.8, 4) is 0 Å². The lowest BCUT2D eigenvalue weighted by Gasteiger charge is -2.10. The first-order valence-electron chi connectivity index (χ1n) is 7.28. The van der Waals surface area contributed by atoms with E-state index >= 15 is 0 Å². The topological polar surface area (TPSA) is 106 Å². The van der Waals surface area contributed by atoms with Gasteiger partial charge in [-0.2, -0.15) is 0 Å². The van der Waals surface area contributed by atoms with Crippen LogP contribution in [0.25, 0.3) is 0 Å². The molecule has 0 aliphatic carbocycles. The molecule has 0 unspecified atom stereocenters. The average molecular weight is 368 g/mol. The molecule has 0 fully saturated rings. The van der Waals surface area contributed by atoms with E-state index in [1.165, 1.54) is 12.1 Å². The average Bonchev–Trinajstić information content (AvgIpc) is 2.49. The fourth-order valence-corrected chi connectivity index (χ4v) is 4.12. The summed E-state index contributed by atoms with van der Waals surface area (Å²) in [5.41, 5.74) is 2.37. The molecular weight excluding hydrogens is 348 g/mol. The molecule has 0 aromatic heterocycles. The molecule has 0 bridgehead atoms. The summed E-state index contributed by atoms with van der Waals surface area (Å²) in [6.45, 7) is 3.80. The molecule has 2 aromatic rings. The van der Waals surface area contributed by atoms with Crippen LogP contribution in [-0.2, 0) is 26.5 Å². The molecule has 2 rings (SSSR count). The summed E-state index contributed by atoms with van der Waals surface area (Å²) in [6, 6.07) is 11.3. The van der Waals surface area contributed by atoms with E-state index in [9.17, 15) is 16.8 Å². The van der Waals surface area contributed by atoms with Crippen molar-refractivity contribution in [2.24, 2.45) is 5.14 Å². The van der Waals surface area contributed by atoms with Crippen LogP contribution in [0.3, 0.4) is 0 Å². The number of hydrogen-bond acceptors (Lipinski definition) is 4. The van der Waals surface area contributed by atoms with Crippen molar-refractivity contribution in [1.82, 2.24) is 4.72 Å². The fraction of sp³-hybridized carbons (Fsp3) is 0.250. The number of rotatable bonds is 6. The molecule has 0 spiro atoms. The van der Waals surface area contributed by atoms with Crippen molar-refractivity contribution in [2.45, 2.75) is 30.1 Å². The van der Waals surface area contributed by atoms with Gasteiger partial charge in [0.1, 0.15) is 0 Å². The third-order valence-corrected chi connectivity index (χ3v) is 6.12. The maximum Gasteiger partial charge on any atom is 0.240 e. The molecule has 0 heterocycles. The van der Waals surface area contributed by atoms with E-state index in [1.807, 2.05) is 13.0 Å². The summed E-state index contributed by atoms with van der Waals surface area (Å²) < 4.78 is 49.7. The summed E-state index contributed by atoms with van der Waals surface area (Å²) >= 11 is 0. The summed E-state index contributed by atoms with van der Waals surface area (Å²) in [4.78, 5) is 0.300. The highest BCUT2D eigenvalue weighted by atomic mass is 32.2. The van der Waals surface area contributed by atoms with Crippen molar-refractivity contribution < 1.29 is 16.8 Å². The van der Waals surface area contributed by atoms with Gasteiger partial charge in [0.05, 0.1) is 9.79 Å². The Morgan fingerprint density at radius 1 is 0.958 bits per heavy atom. The number of nitrogens with one attached hydrogen (secondary N) is 1. The highest BCUT2D eigenvalue weighted by Crippen LogP contribution is 2.16. The maximum absolute atomic E-state index is 12.4. The smallest absolute Gasteiger partial charge is 0.225 e. The first-order chi connectivity index (χ1) is 11.1. The highest BCUT2D eigenvalue weighted by molar-refractivity contribution is 7.89. The third-order valence-electron chi connectivity index (χ3n) is 3.59. The Morgan fingerprint density at radius 2 is 1.58 bits per heavy atom. The molecule has 0 atom stereocenters. The third kappa shape index (κ3) is 4.64. The zero-order valence-electron chi connectivity index (χ0n) is 13.5. The fourth-order valence-electron chi connectivity index (χ4n) is 2.25. The van der Waals surface area contributed by atoms with Gasteiger partial charge < -0.3 is 0 Å². The first kappa shape index (κ1) is 18.6. The Morgan fingerprint density at radius 3 is 2.17 bits per heavy atom. The summed E-state index contributed by atoms with van der Waals surface area (Å²) in [5, 5.41) is 5.04. The van der Waals surface area contributed by atoms with Gasteiger partial charge in [-0.05, 0) is 55.2 Å².